The number of hydrogen-bond donors (Lipinski definition) is 1. The van der Waals surface area contributed by atoms with Crippen molar-refractivity contribution in [3.8, 4) is 0 Å². The first-order chi connectivity index (χ1) is 8.71. The van der Waals surface area contributed by atoms with E-state index in [1.807, 2.05) is 4.90 Å². The summed E-state index contributed by atoms with van der Waals surface area (Å²) in [6.45, 7) is 10.1. The molecule has 1 amide bonds. The van der Waals surface area contributed by atoms with Crippen molar-refractivity contribution < 1.29 is 14.7 Å². The molecule has 0 aromatic carbocycles. The minimum atomic E-state index is -0.754. The van der Waals surface area contributed by atoms with E-state index in [2.05, 4.69) is 25.7 Å². The lowest BCUT2D eigenvalue weighted by atomic mass is 9.96. The quantitative estimate of drug-likeness (QED) is 0.842. The van der Waals surface area contributed by atoms with Gasteiger partial charge in [0.1, 0.15) is 0 Å². The van der Waals surface area contributed by atoms with Crippen molar-refractivity contribution in [3.05, 3.63) is 0 Å². The van der Waals surface area contributed by atoms with E-state index in [0.29, 0.717) is 12.6 Å². The number of amides is 1. The van der Waals surface area contributed by atoms with Crippen LogP contribution >= 0.6 is 0 Å². The molecule has 1 aliphatic heterocycles. The zero-order chi connectivity index (χ0) is 14.6. The standard InChI is InChI=1S/C14H26N2O3/c1-11(17)15-8-5-12(6-9-15)16(14(2,3)4)10-7-13(18)19/h12H,5-10H2,1-4H3,(H,18,19). The number of likely N-dealkylation sites (tertiary alicyclic amines) is 1. The number of carboxylic acids is 1. The summed E-state index contributed by atoms with van der Waals surface area (Å²) in [7, 11) is 0. The summed E-state index contributed by atoms with van der Waals surface area (Å²) >= 11 is 0. The van der Waals surface area contributed by atoms with E-state index in [9.17, 15) is 9.59 Å². The Hall–Kier alpha value is -1.10. The molecule has 0 aliphatic carbocycles. The van der Waals surface area contributed by atoms with Gasteiger partial charge in [-0.1, -0.05) is 0 Å². The van der Waals surface area contributed by atoms with E-state index in [1.54, 1.807) is 6.92 Å². The van der Waals surface area contributed by atoms with E-state index in [0.717, 1.165) is 25.9 Å². The molecule has 1 fully saturated rings. The highest BCUT2D eigenvalue weighted by molar-refractivity contribution is 5.73. The average Bonchev–Trinajstić information content (AvgIpc) is 2.27. The lowest BCUT2D eigenvalue weighted by molar-refractivity contribution is -0.137. The summed E-state index contributed by atoms with van der Waals surface area (Å²) in [5, 5.41) is 8.86. The molecular weight excluding hydrogens is 244 g/mol. The van der Waals surface area contributed by atoms with Crippen LogP contribution in [0.4, 0.5) is 0 Å². The fourth-order valence-corrected chi connectivity index (χ4v) is 2.77. The first-order valence-electron chi connectivity index (χ1n) is 6.96. The Morgan fingerprint density at radius 1 is 1.26 bits per heavy atom. The molecule has 0 spiro atoms. The Morgan fingerprint density at radius 2 is 1.79 bits per heavy atom. The summed E-state index contributed by atoms with van der Waals surface area (Å²) in [5.74, 6) is -0.623. The van der Waals surface area contributed by atoms with Crippen LogP contribution in [-0.2, 0) is 9.59 Å². The molecule has 1 rings (SSSR count). The van der Waals surface area contributed by atoms with Gasteiger partial charge in [-0.05, 0) is 33.6 Å². The highest BCUT2D eigenvalue weighted by Gasteiger charge is 2.32. The van der Waals surface area contributed by atoms with Crippen LogP contribution in [0.25, 0.3) is 0 Å². The van der Waals surface area contributed by atoms with Crippen LogP contribution in [0.5, 0.6) is 0 Å². The average molecular weight is 270 g/mol. The van der Waals surface area contributed by atoms with Gasteiger partial charge in [-0.15, -0.1) is 0 Å². The van der Waals surface area contributed by atoms with E-state index >= 15 is 0 Å². The fourth-order valence-electron chi connectivity index (χ4n) is 2.77. The normalized spacial score (nSPS) is 17.8. The van der Waals surface area contributed by atoms with Crippen molar-refractivity contribution in [1.82, 2.24) is 9.80 Å². The maximum atomic E-state index is 11.3. The minimum Gasteiger partial charge on any atom is -0.481 e. The maximum absolute atomic E-state index is 11.3. The first-order valence-corrected chi connectivity index (χ1v) is 6.96. The second kappa shape index (κ2) is 6.37. The van der Waals surface area contributed by atoms with Crippen LogP contribution < -0.4 is 0 Å². The molecule has 1 saturated heterocycles. The number of piperidine rings is 1. The van der Waals surface area contributed by atoms with Gasteiger partial charge >= 0.3 is 5.97 Å². The van der Waals surface area contributed by atoms with Gasteiger partial charge in [-0.2, -0.15) is 0 Å². The molecule has 1 heterocycles. The fraction of sp³-hybridized carbons (Fsp3) is 0.857. The lowest BCUT2D eigenvalue weighted by Gasteiger charge is -2.45. The van der Waals surface area contributed by atoms with Gasteiger partial charge < -0.3 is 10.0 Å². The molecule has 0 aromatic rings. The highest BCUT2D eigenvalue weighted by atomic mass is 16.4. The number of carbonyl (C=O) groups is 2. The number of nitrogens with zero attached hydrogens (tertiary/aromatic N) is 2. The number of carbonyl (C=O) groups excluding carboxylic acids is 1. The van der Waals surface area contributed by atoms with Crippen molar-refractivity contribution >= 4 is 11.9 Å². The summed E-state index contributed by atoms with van der Waals surface area (Å²) < 4.78 is 0. The van der Waals surface area contributed by atoms with Crippen molar-refractivity contribution in [1.29, 1.82) is 0 Å². The van der Waals surface area contributed by atoms with Crippen LogP contribution in [-0.4, -0.2) is 58.0 Å². The van der Waals surface area contributed by atoms with Gasteiger partial charge in [0, 0.05) is 38.1 Å². The zero-order valence-electron chi connectivity index (χ0n) is 12.5. The molecule has 1 N–H and O–H groups in total. The summed E-state index contributed by atoms with van der Waals surface area (Å²) in [5.41, 5.74) is -0.0431. The van der Waals surface area contributed by atoms with E-state index in [1.165, 1.54) is 0 Å². The van der Waals surface area contributed by atoms with Gasteiger partial charge in [-0.25, -0.2) is 0 Å². The summed E-state index contributed by atoms with van der Waals surface area (Å²) in [6, 6.07) is 0.370. The first kappa shape index (κ1) is 16.0. The van der Waals surface area contributed by atoms with E-state index in [-0.39, 0.29) is 17.9 Å². The Balaban J connectivity index is 2.62. The largest absolute Gasteiger partial charge is 0.481 e. The topological polar surface area (TPSA) is 60.9 Å². The van der Waals surface area contributed by atoms with Gasteiger partial charge in [0.25, 0.3) is 0 Å². The Labute approximate surface area is 115 Å². The molecule has 0 atom stereocenters. The molecule has 0 saturated carbocycles. The molecule has 19 heavy (non-hydrogen) atoms. The predicted octanol–water partition coefficient (Wildman–Crippen LogP) is 1.57. The Bertz CT molecular complexity index is 328. The zero-order valence-corrected chi connectivity index (χ0v) is 12.5. The minimum absolute atomic E-state index is 0.0431. The number of aliphatic carboxylic acids is 1. The second-order valence-electron chi connectivity index (χ2n) is 6.25. The third-order valence-electron chi connectivity index (χ3n) is 3.78. The highest BCUT2D eigenvalue weighted by Crippen LogP contribution is 2.24. The van der Waals surface area contributed by atoms with Gasteiger partial charge in [-0.3, -0.25) is 14.5 Å². The molecule has 5 heteroatoms. The third-order valence-corrected chi connectivity index (χ3v) is 3.78. The molecular formula is C14H26N2O3. The van der Waals surface area contributed by atoms with Crippen molar-refractivity contribution in [2.45, 2.75) is 58.5 Å². The molecule has 1 aliphatic rings. The predicted molar refractivity (Wildman–Crippen MR) is 74.0 cm³/mol. The van der Waals surface area contributed by atoms with Gasteiger partial charge in [0.05, 0.1) is 6.42 Å². The van der Waals surface area contributed by atoms with Crippen LogP contribution in [0.15, 0.2) is 0 Å². The molecule has 0 aromatic heterocycles. The van der Waals surface area contributed by atoms with Crippen molar-refractivity contribution in [2.24, 2.45) is 0 Å². The van der Waals surface area contributed by atoms with Crippen LogP contribution in [0, 0.1) is 0 Å². The Kier molecular flexibility index (Phi) is 5.35. The van der Waals surface area contributed by atoms with Crippen LogP contribution in [0.3, 0.4) is 0 Å². The second-order valence-corrected chi connectivity index (χ2v) is 6.25. The summed E-state index contributed by atoms with van der Waals surface area (Å²) in [6.07, 6.45) is 2.02. The van der Waals surface area contributed by atoms with Crippen molar-refractivity contribution in [3.63, 3.8) is 0 Å². The van der Waals surface area contributed by atoms with Gasteiger partial charge in [0.2, 0.25) is 5.91 Å². The van der Waals surface area contributed by atoms with Crippen LogP contribution in [0.2, 0.25) is 0 Å². The van der Waals surface area contributed by atoms with E-state index < -0.39 is 5.97 Å². The smallest absolute Gasteiger partial charge is 0.304 e. The molecule has 0 unspecified atom stereocenters. The lowest BCUT2D eigenvalue weighted by Crippen LogP contribution is -2.53. The Morgan fingerprint density at radius 3 is 2.16 bits per heavy atom. The van der Waals surface area contributed by atoms with Gasteiger partial charge in [0.15, 0.2) is 0 Å². The number of rotatable bonds is 4. The molecule has 5 nitrogen and oxygen atoms in total. The monoisotopic (exact) mass is 270 g/mol. The SMILES string of the molecule is CC(=O)N1CCC(N(CCC(=O)O)C(C)(C)C)CC1. The number of hydrogen-bond acceptors (Lipinski definition) is 3. The molecule has 110 valence electrons. The van der Waals surface area contributed by atoms with E-state index in [4.69, 9.17) is 5.11 Å². The molecule has 0 radical (unpaired) electrons. The van der Waals surface area contributed by atoms with Crippen LogP contribution in [0.1, 0.15) is 47.0 Å². The number of carboxylic acid groups (broad SMARTS) is 1. The summed E-state index contributed by atoms with van der Waals surface area (Å²) in [4.78, 5) is 26.2. The van der Waals surface area contributed by atoms with Crippen molar-refractivity contribution in [2.75, 3.05) is 19.6 Å². The third kappa shape index (κ3) is 4.82. The maximum Gasteiger partial charge on any atom is 0.304 e. The molecule has 0 bridgehead atoms.